The van der Waals surface area contributed by atoms with Crippen LogP contribution in [0.3, 0.4) is 0 Å². The highest BCUT2D eigenvalue weighted by Gasteiger charge is 2.23. The van der Waals surface area contributed by atoms with E-state index in [1.807, 2.05) is 32.2 Å². The van der Waals surface area contributed by atoms with Gasteiger partial charge in [-0.05, 0) is 63.3 Å². The van der Waals surface area contributed by atoms with Crippen molar-refractivity contribution in [3.8, 4) is 0 Å². The number of amides is 3. The van der Waals surface area contributed by atoms with Crippen molar-refractivity contribution in [1.82, 2.24) is 20.4 Å². The largest absolute Gasteiger partial charge is 0.465 e. The first-order valence-corrected chi connectivity index (χ1v) is 12.8. The highest BCUT2D eigenvalue weighted by atomic mass is 35.5. The first-order valence-electron chi connectivity index (χ1n) is 12.4. The van der Waals surface area contributed by atoms with Crippen LogP contribution in [0, 0.1) is 5.92 Å². The summed E-state index contributed by atoms with van der Waals surface area (Å²) in [7, 11) is 3.40. The van der Waals surface area contributed by atoms with E-state index >= 15 is 0 Å². The normalized spacial score (nSPS) is 17.4. The van der Waals surface area contributed by atoms with Gasteiger partial charge in [-0.15, -0.1) is 0 Å². The molecule has 2 rings (SSSR count). The number of halogens is 1. The average molecular weight is 513 g/mol. The van der Waals surface area contributed by atoms with Gasteiger partial charge in [-0.2, -0.15) is 0 Å². The summed E-state index contributed by atoms with van der Waals surface area (Å²) in [6, 6.07) is 7.37. The van der Waals surface area contributed by atoms with E-state index in [1.165, 1.54) is 11.9 Å². The number of rotatable bonds is 14. The lowest BCUT2D eigenvalue weighted by Gasteiger charge is -2.30. The molecule has 3 N–H and O–H groups in total. The van der Waals surface area contributed by atoms with Crippen molar-refractivity contribution in [2.75, 3.05) is 60.1 Å². The molecule has 0 saturated carbocycles. The highest BCUT2D eigenvalue weighted by molar-refractivity contribution is 6.30. The van der Waals surface area contributed by atoms with E-state index in [2.05, 4.69) is 10.6 Å². The van der Waals surface area contributed by atoms with Crippen LogP contribution in [0.2, 0.25) is 5.02 Å². The molecule has 0 radical (unpaired) electrons. The topological polar surface area (TPSA) is 103 Å². The van der Waals surface area contributed by atoms with E-state index in [-0.39, 0.29) is 31.3 Å². The fraction of sp³-hybridized carbons (Fsp3) is 0.680. The number of benzene rings is 1. The molecule has 0 bridgehead atoms. The zero-order valence-corrected chi connectivity index (χ0v) is 21.9. The number of urea groups is 1. The van der Waals surface area contributed by atoms with Gasteiger partial charge in [0, 0.05) is 57.5 Å². The quantitative estimate of drug-likeness (QED) is 0.350. The van der Waals surface area contributed by atoms with Gasteiger partial charge < -0.3 is 35.0 Å². The molecule has 9 nitrogen and oxygen atoms in total. The van der Waals surface area contributed by atoms with Crippen molar-refractivity contribution in [3.05, 3.63) is 34.9 Å². The van der Waals surface area contributed by atoms with E-state index in [1.54, 1.807) is 11.0 Å². The Morgan fingerprint density at radius 2 is 2.14 bits per heavy atom. The van der Waals surface area contributed by atoms with Crippen LogP contribution in [0.4, 0.5) is 9.59 Å². The number of ether oxygens (including phenoxy) is 2. The average Bonchev–Trinajstić information content (AvgIpc) is 2.83. The third-order valence-corrected chi connectivity index (χ3v) is 6.51. The number of hydrogen-bond acceptors (Lipinski definition) is 5. The van der Waals surface area contributed by atoms with E-state index < -0.39 is 6.09 Å². The van der Waals surface area contributed by atoms with Gasteiger partial charge in [-0.3, -0.25) is 0 Å². The maximum absolute atomic E-state index is 13.1. The summed E-state index contributed by atoms with van der Waals surface area (Å²) in [5.41, 5.74) is 0.900. The molecule has 1 aliphatic rings. The minimum atomic E-state index is -1.00. The summed E-state index contributed by atoms with van der Waals surface area (Å²) >= 11 is 6.19. The Morgan fingerprint density at radius 3 is 2.77 bits per heavy atom. The van der Waals surface area contributed by atoms with Crippen LogP contribution in [0.5, 0.6) is 0 Å². The summed E-state index contributed by atoms with van der Waals surface area (Å²) < 4.78 is 11.7. The number of hydrogen-bond donors (Lipinski definition) is 3. The maximum atomic E-state index is 13.1. The molecule has 1 aliphatic heterocycles. The first kappa shape index (κ1) is 29.2. The van der Waals surface area contributed by atoms with Crippen molar-refractivity contribution >= 4 is 23.7 Å². The summed E-state index contributed by atoms with van der Waals surface area (Å²) in [4.78, 5) is 27.1. The number of carboxylic acid groups (broad SMARTS) is 1. The Labute approximate surface area is 214 Å². The fourth-order valence-electron chi connectivity index (χ4n) is 4.26. The van der Waals surface area contributed by atoms with Crippen LogP contribution in [0.15, 0.2) is 24.3 Å². The van der Waals surface area contributed by atoms with Gasteiger partial charge in [-0.1, -0.05) is 23.7 Å². The maximum Gasteiger partial charge on any atom is 0.407 e. The second-order valence-corrected chi connectivity index (χ2v) is 9.45. The SMILES string of the molecule is CCN(CCC(OCCN(C)C(=O)O)c1cccc(Cl)c1)C(=O)N[C@H](CNC)C[C@H]1CCCOC1. The molecule has 1 unspecified atom stereocenters. The Morgan fingerprint density at radius 1 is 1.34 bits per heavy atom. The lowest BCUT2D eigenvalue weighted by Crippen LogP contribution is -2.49. The molecule has 1 fully saturated rings. The molecule has 1 saturated heterocycles. The summed E-state index contributed by atoms with van der Waals surface area (Å²) in [6.07, 6.45) is 2.33. The summed E-state index contributed by atoms with van der Waals surface area (Å²) in [5.74, 6) is 0.460. The van der Waals surface area contributed by atoms with Crippen LogP contribution in [0.25, 0.3) is 0 Å². The van der Waals surface area contributed by atoms with Gasteiger partial charge in [0.25, 0.3) is 0 Å². The standard InChI is InChI=1S/C25H41ClN4O5/c1-4-30(24(31)28-22(17-27-2)15-19-7-6-13-34-18-19)11-10-23(20-8-5-9-21(26)16-20)35-14-12-29(3)25(32)33/h5,8-9,16,19,22-23,27H,4,6-7,10-15,17-18H2,1-3H3,(H,28,31)(H,32,33)/t19-,22+,23?/m1/s1. The molecule has 3 atom stereocenters. The molecule has 1 aromatic rings. The summed E-state index contributed by atoms with van der Waals surface area (Å²) in [6.45, 7) is 5.79. The Bertz CT molecular complexity index is 778. The van der Waals surface area contributed by atoms with Gasteiger partial charge in [0.05, 0.1) is 12.7 Å². The zero-order valence-electron chi connectivity index (χ0n) is 21.2. The second kappa shape index (κ2) is 15.8. The smallest absolute Gasteiger partial charge is 0.407 e. The van der Waals surface area contributed by atoms with Gasteiger partial charge in [0.1, 0.15) is 0 Å². The van der Waals surface area contributed by atoms with Crippen molar-refractivity contribution in [1.29, 1.82) is 0 Å². The van der Waals surface area contributed by atoms with E-state index in [0.717, 1.165) is 38.0 Å². The molecule has 0 aromatic heterocycles. The Hall–Kier alpha value is -2.07. The molecule has 10 heteroatoms. The molecule has 3 amide bonds. The number of nitrogens with zero attached hydrogens (tertiary/aromatic N) is 2. The van der Waals surface area contributed by atoms with Crippen molar-refractivity contribution < 1.29 is 24.2 Å². The fourth-order valence-corrected chi connectivity index (χ4v) is 4.46. The Kier molecular flexibility index (Phi) is 13.2. The minimum absolute atomic E-state index is 0.0276. The summed E-state index contributed by atoms with van der Waals surface area (Å²) in [5, 5.41) is 16.1. The van der Waals surface area contributed by atoms with Crippen molar-refractivity contribution in [2.45, 2.75) is 44.8 Å². The molecule has 198 valence electrons. The number of carbonyl (C=O) groups excluding carboxylic acids is 1. The zero-order chi connectivity index (χ0) is 25.6. The highest BCUT2D eigenvalue weighted by Crippen LogP contribution is 2.25. The number of nitrogens with one attached hydrogen (secondary N) is 2. The van der Waals surface area contributed by atoms with Crippen LogP contribution in [-0.4, -0.2) is 93.2 Å². The molecular formula is C25H41ClN4O5. The number of likely N-dealkylation sites (N-methyl/N-ethyl adjacent to an activating group) is 2. The monoisotopic (exact) mass is 512 g/mol. The molecule has 1 heterocycles. The van der Waals surface area contributed by atoms with E-state index in [9.17, 15) is 9.59 Å². The molecule has 0 spiro atoms. The van der Waals surface area contributed by atoms with Crippen LogP contribution < -0.4 is 10.6 Å². The van der Waals surface area contributed by atoms with E-state index in [4.69, 9.17) is 26.2 Å². The molecular weight excluding hydrogens is 472 g/mol. The Balaban J connectivity index is 1.97. The van der Waals surface area contributed by atoms with Crippen LogP contribution in [0.1, 0.15) is 44.3 Å². The van der Waals surface area contributed by atoms with Crippen molar-refractivity contribution in [3.63, 3.8) is 0 Å². The van der Waals surface area contributed by atoms with Gasteiger partial charge >= 0.3 is 12.1 Å². The third-order valence-electron chi connectivity index (χ3n) is 6.27. The van der Waals surface area contributed by atoms with Crippen molar-refractivity contribution in [2.24, 2.45) is 5.92 Å². The third kappa shape index (κ3) is 10.6. The lowest BCUT2D eigenvalue weighted by molar-refractivity contribution is 0.0308. The molecule has 1 aromatic carbocycles. The van der Waals surface area contributed by atoms with E-state index in [0.29, 0.717) is 37.0 Å². The predicted octanol–water partition coefficient (Wildman–Crippen LogP) is 3.83. The van der Waals surface area contributed by atoms with Crippen LogP contribution >= 0.6 is 11.6 Å². The molecule has 35 heavy (non-hydrogen) atoms. The first-order chi connectivity index (χ1) is 16.8. The van der Waals surface area contributed by atoms with Gasteiger partial charge in [0.2, 0.25) is 0 Å². The van der Waals surface area contributed by atoms with Crippen LogP contribution in [-0.2, 0) is 9.47 Å². The number of carbonyl (C=O) groups is 2. The predicted molar refractivity (Wildman–Crippen MR) is 137 cm³/mol. The lowest BCUT2D eigenvalue weighted by atomic mass is 9.94. The minimum Gasteiger partial charge on any atom is -0.465 e. The van der Waals surface area contributed by atoms with Gasteiger partial charge in [0.15, 0.2) is 0 Å². The molecule has 0 aliphatic carbocycles. The van der Waals surface area contributed by atoms with Gasteiger partial charge in [-0.25, -0.2) is 9.59 Å². The second-order valence-electron chi connectivity index (χ2n) is 9.01.